The molecule has 0 fully saturated rings. The van der Waals surface area contributed by atoms with Gasteiger partial charge in [0.15, 0.2) is 0 Å². The molecule has 164 valence electrons. The van der Waals surface area contributed by atoms with Crippen molar-refractivity contribution in [2.24, 2.45) is 0 Å². The Labute approximate surface area is 186 Å². The van der Waals surface area contributed by atoms with Crippen LogP contribution in [0, 0.1) is 6.92 Å². The molecule has 0 saturated heterocycles. The first-order chi connectivity index (χ1) is 15.5. The number of imidazole rings is 1. The Balaban J connectivity index is 1.89. The lowest BCUT2D eigenvalue weighted by Gasteiger charge is -2.09. The molecule has 0 aliphatic rings. The van der Waals surface area contributed by atoms with Crippen LogP contribution < -0.4 is 5.32 Å². The largest absolute Gasteiger partial charge is 0.466 e. The van der Waals surface area contributed by atoms with E-state index in [-0.39, 0.29) is 12.4 Å². The summed E-state index contributed by atoms with van der Waals surface area (Å²) in [6.45, 7) is 4.21. The first kappa shape index (κ1) is 21.4. The molecule has 0 atom stereocenters. The fourth-order valence-electron chi connectivity index (χ4n) is 3.86. The lowest BCUT2D eigenvalue weighted by molar-refractivity contribution is -0.143. The summed E-state index contributed by atoms with van der Waals surface area (Å²) in [5.41, 5.74) is 5.28. The number of methoxy groups -OCH3 is 1. The van der Waals surface area contributed by atoms with E-state index < -0.39 is 6.09 Å². The van der Waals surface area contributed by atoms with Gasteiger partial charge < -0.3 is 13.9 Å². The van der Waals surface area contributed by atoms with E-state index in [1.807, 2.05) is 66.1 Å². The lowest BCUT2D eigenvalue weighted by atomic mass is 10.0. The van der Waals surface area contributed by atoms with Crippen molar-refractivity contribution in [2.75, 3.05) is 19.0 Å². The highest BCUT2D eigenvalue weighted by molar-refractivity contribution is 5.99. The topological polar surface area (TPSA) is 81.9 Å². The molecule has 4 aromatic rings. The van der Waals surface area contributed by atoms with Crippen molar-refractivity contribution in [3.05, 3.63) is 66.0 Å². The number of carbonyl (C=O) groups is 2. The molecular formula is C25H25N3O4. The standard InChI is InChI=1S/C25H25N3O4/c1-4-32-22(29)12-11-21-23(19-8-6-5-7-16(19)2)27-24-20-15-18(26-25(30)31-3)10-9-17(20)13-14-28(21)24/h5-10,13-15H,4,11-12H2,1-3H3,(H,26,30). The number of benzene rings is 2. The van der Waals surface area contributed by atoms with Crippen LogP contribution in [-0.4, -0.2) is 35.2 Å². The van der Waals surface area contributed by atoms with E-state index in [1.54, 1.807) is 6.92 Å². The number of hydrogen-bond acceptors (Lipinski definition) is 5. The molecule has 0 aliphatic carbocycles. The molecule has 0 unspecified atom stereocenters. The van der Waals surface area contributed by atoms with Gasteiger partial charge in [0.25, 0.3) is 0 Å². The van der Waals surface area contributed by atoms with E-state index in [2.05, 4.69) is 5.32 Å². The van der Waals surface area contributed by atoms with Gasteiger partial charge in [-0.3, -0.25) is 10.1 Å². The maximum absolute atomic E-state index is 12.1. The van der Waals surface area contributed by atoms with E-state index in [4.69, 9.17) is 14.5 Å². The van der Waals surface area contributed by atoms with Crippen LogP contribution >= 0.6 is 0 Å². The number of nitrogens with zero attached hydrogens (tertiary/aromatic N) is 2. The average Bonchev–Trinajstić information content (AvgIpc) is 3.17. The summed E-state index contributed by atoms with van der Waals surface area (Å²) in [6.07, 6.45) is 2.20. The van der Waals surface area contributed by atoms with Crippen molar-refractivity contribution in [2.45, 2.75) is 26.7 Å². The molecule has 4 rings (SSSR count). The summed E-state index contributed by atoms with van der Waals surface area (Å²) in [5.74, 6) is -0.233. The molecule has 7 heteroatoms. The summed E-state index contributed by atoms with van der Waals surface area (Å²) in [7, 11) is 1.33. The SMILES string of the molecule is CCOC(=O)CCc1c(-c2ccccc2C)nc2c3cc(NC(=O)OC)ccc3ccn12. The Morgan fingerprint density at radius 1 is 1.12 bits per heavy atom. The Kier molecular flexibility index (Phi) is 6.07. The molecule has 7 nitrogen and oxygen atoms in total. The molecule has 2 aromatic carbocycles. The molecule has 32 heavy (non-hydrogen) atoms. The molecule has 1 amide bonds. The number of pyridine rings is 1. The fourth-order valence-corrected chi connectivity index (χ4v) is 3.86. The molecule has 0 radical (unpaired) electrons. The highest BCUT2D eigenvalue weighted by Gasteiger charge is 2.18. The van der Waals surface area contributed by atoms with Crippen LogP contribution in [0.3, 0.4) is 0 Å². The van der Waals surface area contributed by atoms with Gasteiger partial charge in [-0.15, -0.1) is 0 Å². The Hall–Kier alpha value is -3.87. The van der Waals surface area contributed by atoms with Crippen molar-refractivity contribution in [3.63, 3.8) is 0 Å². The lowest BCUT2D eigenvalue weighted by Crippen LogP contribution is -2.10. The number of amides is 1. The zero-order chi connectivity index (χ0) is 22.7. The minimum atomic E-state index is -0.532. The molecule has 0 saturated carbocycles. The molecule has 2 heterocycles. The van der Waals surface area contributed by atoms with Gasteiger partial charge in [-0.05, 0) is 43.0 Å². The van der Waals surface area contributed by atoms with Crippen LogP contribution in [0.25, 0.3) is 27.7 Å². The number of hydrogen-bond donors (Lipinski definition) is 1. The van der Waals surface area contributed by atoms with Crippen molar-refractivity contribution >= 4 is 34.2 Å². The van der Waals surface area contributed by atoms with E-state index >= 15 is 0 Å². The maximum atomic E-state index is 12.1. The molecule has 2 aromatic heterocycles. The van der Waals surface area contributed by atoms with Gasteiger partial charge in [-0.1, -0.05) is 30.3 Å². The van der Waals surface area contributed by atoms with Gasteiger partial charge in [-0.2, -0.15) is 0 Å². The number of rotatable bonds is 6. The Morgan fingerprint density at radius 3 is 2.69 bits per heavy atom. The number of ether oxygens (including phenoxy) is 2. The van der Waals surface area contributed by atoms with E-state index in [1.165, 1.54) is 7.11 Å². The van der Waals surface area contributed by atoms with Gasteiger partial charge in [0, 0.05) is 29.3 Å². The van der Waals surface area contributed by atoms with Crippen LogP contribution in [-0.2, 0) is 20.7 Å². The Morgan fingerprint density at radius 2 is 1.94 bits per heavy atom. The van der Waals surface area contributed by atoms with E-state index in [0.29, 0.717) is 18.7 Å². The van der Waals surface area contributed by atoms with Crippen molar-refractivity contribution in [3.8, 4) is 11.3 Å². The van der Waals surface area contributed by atoms with Gasteiger partial charge in [0.2, 0.25) is 0 Å². The predicted octanol–water partition coefficient (Wildman–Crippen LogP) is 5.14. The van der Waals surface area contributed by atoms with Crippen LogP contribution in [0.4, 0.5) is 10.5 Å². The first-order valence-corrected chi connectivity index (χ1v) is 10.5. The van der Waals surface area contributed by atoms with Crippen LogP contribution in [0.2, 0.25) is 0 Å². The van der Waals surface area contributed by atoms with Crippen LogP contribution in [0.1, 0.15) is 24.6 Å². The number of nitrogens with one attached hydrogen (secondary N) is 1. The summed E-state index contributed by atoms with van der Waals surface area (Å²) in [4.78, 5) is 28.7. The van der Waals surface area contributed by atoms with Gasteiger partial charge in [0.1, 0.15) is 5.65 Å². The van der Waals surface area contributed by atoms with E-state index in [0.717, 1.165) is 38.9 Å². The fraction of sp³-hybridized carbons (Fsp3) is 0.240. The molecule has 0 bridgehead atoms. The predicted molar refractivity (Wildman–Crippen MR) is 124 cm³/mol. The second-order valence-electron chi connectivity index (χ2n) is 7.46. The number of fused-ring (bicyclic) bond motifs is 3. The number of anilines is 1. The number of aromatic nitrogens is 2. The van der Waals surface area contributed by atoms with Crippen LogP contribution in [0.5, 0.6) is 0 Å². The minimum absolute atomic E-state index is 0.233. The van der Waals surface area contributed by atoms with Gasteiger partial charge >= 0.3 is 12.1 Å². The third kappa shape index (κ3) is 4.14. The summed E-state index contributed by atoms with van der Waals surface area (Å²) < 4.78 is 11.9. The summed E-state index contributed by atoms with van der Waals surface area (Å²) >= 11 is 0. The van der Waals surface area contributed by atoms with E-state index in [9.17, 15) is 9.59 Å². The highest BCUT2D eigenvalue weighted by Crippen LogP contribution is 2.32. The highest BCUT2D eigenvalue weighted by atomic mass is 16.5. The third-order valence-corrected chi connectivity index (χ3v) is 5.41. The van der Waals surface area contributed by atoms with Crippen molar-refractivity contribution in [1.82, 2.24) is 9.38 Å². The third-order valence-electron chi connectivity index (χ3n) is 5.41. The van der Waals surface area contributed by atoms with Crippen LogP contribution in [0.15, 0.2) is 54.7 Å². The Bertz CT molecular complexity index is 1310. The second kappa shape index (κ2) is 9.09. The quantitative estimate of drug-likeness (QED) is 0.428. The number of aryl methyl sites for hydroxylation is 2. The second-order valence-corrected chi connectivity index (χ2v) is 7.46. The molecular weight excluding hydrogens is 406 g/mol. The smallest absolute Gasteiger partial charge is 0.411 e. The average molecular weight is 431 g/mol. The summed E-state index contributed by atoms with van der Waals surface area (Å²) in [6, 6.07) is 15.7. The molecule has 0 aliphatic heterocycles. The zero-order valence-electron chi connectivity index (χ0n) is 18.3. The monoisotopic (exact) mass is 431 g/mol. The van der Waals surface area contributed by atoms with Crippen molar-refractivity contribution in [1.29, 1.82) is 0 Å². The summed E-state index contributed by atoms with van der Waals surface area (Å²) in [5, 5.41) is 4.58. The maximum Gasteiger partial charge on any atom is 0.411 e. The normalized spacial score (nSPS) is 11.0. The first-order valence-electron chi connectivity index (χ1n) is 10.5. The van der Waals surface area contributed by atoms with Crippen molar-refractivity contribution < 1.29 is 19.1 Å². The zero-order valence-corrected chi connectivity index (χ0v) is 18.3. The minimum Gasteiger partial charge on any atom is -0.466 e. The molecule has 0 spiro atoms. The van der Waals surface area contributed by atoms with Gasteiger partial charge in [0.05, 0.1) is 31.5 Å². The van der Waals surface area contributed by atoms with Gasteiger partial charge in [-0.25, -0.2) is 9.78 Å². The molecule has 1 N–H and O–H groups in total. The number of carbonyl (C=O) groups excluding carboxylic acids is 2. The number of esters is 1.